The number of nitrogens with zero attached hydrogens (tertiary/aromatic N) is 6. The molecule has 4 N–H and O–H groups in total. The van der Waals surface area contributed by atoms with Gasteiger partial charge in [0, 0.05) is 59.9 Å². The highest BCUT2D eigenvalue weighted by molar-refractivity contribution is 6.31. The highest BCUT2D eigenvalue weighted by atomic mass is 35.5. The number of aryl methyl sites for hydroxylation is 2. The first-order valence-corrected chi connectivity index (χ1v) is 16.5. The van der Waals surface area contributed by atoms with Crippen LogP contribution in [0, 0.1) is 13.8 Å². The third-order valence-electron chi connectivity index (χ3n) is 8.11. The summed E-state index contributed by atoms with van der Waals surface area (Å²) in [4.78, 5) is 21.5. The monoisotopic (exact) mass is 696 g/mol. The van der Waals surface area contributed by atoms with E-state index in [9.17, 15) is 0 Å². The van der Waals surface area contributed by atoms with Gasteiger partial charge in [-0.05, 0) is 74.2 Å². The van der Waals surface area contributed by atoms with Crippen molar-refractivity contribution in [3.05, 3.63) is 81.1 Å². The van der Waals surface area contributed by atoms with Gasteiger partial charge < -0.3 is 40.2 Å². The third-order valence-corrected chi connectivity index (χ3v) is 8.80. The summed E-state index contributed by atoms with van der Waals surface area (Å²) in [5, 5.41) is 1.35. The van der Waals surface area contributed by atoms with Gasteiger partial charge in [0.05, 0.1) is 39.5 Å². The number of methoxy groups -OCH3 is 2. The smallest absolute Gasteiger partial charge is 0.222 e. The molecule has 256 valence electrons. The van der Waals surface area contributed by atoms with Crippen LogP contribution in [0.2, 0.25) is 10.0 Å². The first kappa shape index (κ1) is 35.2. The number of anilines is 4. The summed E-state index contributed by atoms with van der Waals surface area (Å²) in [5.74, 6) is 3.63. The van der Waals surface area contributed by atoms with Gasteiger partial charge in [-0.25, -0.2) is 9.97 Å². The largest absolute Gasteiger partial charge is 0.497 e. The van der Waals surface area contributed by atoms with Crippen LogP contribution in [0.3, 0.4) is 0 Å². The van der Waals surface area contributed by atoms with Gasteiger partial charge in [-0.3, -0.25) is 0 Å². The Labute approximate surface area is 291 Å². The predicted octanol–water partition coefficient (Wildman–Crippen LogP) is 5.99. The minimum absolute atomic E-state index is 0.0659. The van der Waals surface area contributed by atoms with Gasteiger partial charge in [-0.2, -0.15) is 9.97 Å². The van der Waals surface area contributed by atoms with E-state index in [0.717, 1.165) is 71.6 Å². The second kappa shape index (κ2) is 16.3. The fourth-order valence-electron chi connectivity index (χ4n) is 5.87. The third kappa shape index (κ3) is 8.67. The van der Waals surface area contributed by atoms with Gasteiger partial charge in [0.25, 0.3) is 0 Å². The molecule has 0 aliphatic carbocycles. The fraction of sp³-hybridized carbons (Fsp3) is 0.412. The number of hydrogen-bond acceptors (Lipinski definition) is 12. The van der Waals surface area contributed by atoms with E-state index in [1.807, 2.05) is 62.4 Å². The van der Waals surface area contributed by atoms with E-state index in [2.05, 4.69) is 29.7 Å². The van der Waals surface area contributed by atoms with Crippen molar-refractivity contribution >= 4 is 46.7 Å². The highest BCUT2D eigenvalue weighted by Gasteiger charge is 2.29. The zero-order valence-electron chi connectivity index (χ0n) is 27.7. The molecular formula is C34H42Cl2N8O4. The van der Waals surface area contributed by atoms with E-state index in [-0.39, 0.29) is 24.0 Å². The van der Waals surface area contributed by atoms with Crippen LogP contribution in [0.1, 0.15) is 47.4 Å². The highest BCUT2D eigenvalue weighted by Crippen LogP contribution is 2.36. The van der Waals surface area contributed by atoms with Crippen LogP contribution in [0.25, 0.3) is 0 Å². The number of nitrogen functional groups attached to an aromatic ring is 2. The van der Waals surface area contributed by atoms with Crippen LogP contribution >= 0.6 is 23.2 Å². The van der Waals surface area contributed by atoms with Crippen LogP contribution < -0.4 is 30.7 Å². The van der Waals surface area contributed by atoms with E-state index in [0.29, 0.717) is 36.5 Å². The Morgan fingerprint density at radius 3 is 1.46 bits per heavy atom. The normalized spacial score (nSPS) is 18.3. The molecule has 2 saturated heterocycles. The molecule has 2 aromatic heterocycles. The lowest BCUT2D eigenvalue weighted by Crippen LogP contribution is -2.32. The summed E-state index contributed by atoms with van der Waals surface area (Å²) in [6.07, 6.45) is 1.81. The minimum Gasteiger partial charge on any atom is -0.497 e. The molecule has 2 aliphatic rings. The molecule has 0 saturated carbocycles. The van der Waals surface area contributed by atoms with Gasteiger partial charge in [0.1, 0.15) is 23.1 Å². The molecule has 2 fully saturated rings. The molecule has 2 aromatic carbocycles. The first-order valence-electron chi connectivity index (χ1n) is 15.7. The molecule has 0 unspecified atom stereocenters. The molecule has 48 heavy (non-hydrogen) atoms. The van der Waals surface area contributed by atoms with Crippen molar-refractivity contribution in [3.8, 4) is 11.5 Å². The molecule has 12 nitrogen and oxygen atoms in total. The lowest BCUT2D eigenvalue weighted by molar-refractivity contribution is 0.134. The Balaban J connectivity index is 0.000000188. The standard InChI is InChI=1S/2C17H21ClN4O2/c2*1-11-8-16(21-17(19)20-11)22-6-3-7-24-10-15(22)13-9-12(23-2)4-5-14(13)18/h2*4-5,8-9,15H,3,6-7,10H2,1-2H3,(H2,19,20,21)/t2*15-/m10/s1. The van der Waals surface area contributed by atoms with Crippen molar-refractivity contribution < 1.29 is 18.9 Å². The lowest BCUT2D eigenvalue weighted by atomic mass is 10.0. The quantitative estimate of drug-likeness (QED) is 0.244. The maximum Gasteiger partial charge on any atom is 0.222 e. The molecule has 4 heterocycles. The maximum absolute atomic E-state index is 6.46. The van der Waals surface area contributed by atoms with Crippen LogP contribution in [-0.4, -0.2) is 73.7 Å². The van der Waals surface area contributed by atoms with Crippen molar-refractivity contribution in [2.24, 2.45) is 0 Å². The minimum atomic E-state index is -0.0659. The van der Waals surface area contributed by atoms with Crippen LogP contribution in [-0.2, 0) is 9.47 Å². The number of nitrogens with two attached hydrogens (primary N) is 2. The Morgan fingerprint density at radius 2 is 1.08 bits per heavy atom. The number of aromatic nitrogens is 4. The summed E-state index contributed by atoms with van der Waals surface area (Å²) in [6, 6.07) is 15.0. The molecule has 4 aromatic rings. The summed E-state index contributed by atoms with van der Waals surface area (Å²) >= 11 is 12.9. The van der Waals surface area contributed by atoms with E-state index in [1.54, 1.807) is 14.2 Å². The number of benzene rings is 2. The molecular weight excluding hydrogens is 655 g/mol. The Morgan fingerprint density at radius 1 is 0.667 bits per heavy atom. The average Bonchev–Trinajstić information content (AvgIpc) is 3.46. The van der Waals surface area contributed by atoms with Crippen molar-refractivity contribution in [1.29, 1.82) is 0 Å². The topological polar surface area (TPSA) is 147 Å². The second-order valence-corrected chi connectivity index (χ2v) is 12.3. The average molecular weight is 698 g/mol. The second-order valence-electron chi connectivity index (χ2n) is 11.5. The zero-order chi connectivity index (χ0) is 34.2. The number of rotatable bonds is 6. The summed E-state index contributed by atoms with van der Waals surface area (Å²) in [6.45, 7) is 7.86. The van der Waals surface area contributed by atoms with Crippen LogP contribution in [0.5, 0.6) is 11.5 Å². The summed E-state index contributed by atoms with van der Waals surface area (Å²) in [5.41, 5.74) is 15.2. The maximum atomic E-state index is 6.46. The van der Waals surface area contributed by atoms with Gasteiger partial charge in [-0.15, -0.1) is 0 Å². The van der Waals surface area contributed by atoms with Gasteiger partial charge in [0.2, 0.25) is 11.9 Å². The summed E-state index contributed by atoms with van der Waals surface area (Å²) < 4.78 is 22.3. The molecule has 0 amide bonds. The molecule has 6 rings (SSSR count). The molecule has 0 radical (unpaired) electrons. The molecule has 14 heteroatoms. The number of ether oxygens (including phenoxy) is 4. The number of hydrogen-bond donors (Lipinski definition) is 2. The Kier molecular flexibility index (Phi) is 12.0. The first-order chi connectivity index (χ1) is 23.2. The lowest BCUT2D eigenvalue weighted by Gasteiger charge is -2.31. The Hall–Kier alpha value is -4.10. The summed E-state index contributed by atoms with van der Waals surface area (Å²) in [7, 11) is 3.28. The van der Waals surface area contributed by atoms with Gasteiger partial charge in [-0.1, -0.05) is 23.2 Å². The molecule has 0 spiro atoms. The van der Waals surface area contributed by atoms with Crippen molar-refractivity contribution in [3.63, 3.8) is 0 Å². The van der Waals surface area contributed by atoms with Crippen molar-refractivity contribution in [1.82, 2.24) is 19.9 Å². The zero-order valence-corrected chi connectivity index (χ0v) is 29.2. The van der Waals surface area contributed by atoms with Gasteiger partial charge >= 0.3 is 0 Å². The SMILES string of the molecule is COc1ccc(Cl)c([C@@H]2COCCCN2c2cc(C)nc(N)n2)c1.COc1ccc(Cl)c([C@H]2COCCCN2c2cc(C)nc(N)n2)c1. The van der Waals surface area contributed by atoms with E-state index in [1.165, 1.54) is 0 Å². The molecule has 2 aliphatic heterocycles. The van der Waals surface area contributed by atoms with E-state index >= 15 is 0 Å². The van der Waals surface area contributed by atoms with Gasteiger partial charge in [0.15, 0.2) is 0 Å². The molecule has 2 atom stereocenters. The van der Waals surface area contributed by atoms with Crippen molar-refractivity contribution in [2.75, 3.05) is 75.0 Å². The fourth-order valence-corrected chi connectivity index (χ4v) is 6.36. The predicted molar refractivity (Wildman–Crippen MR) is 189 cm³/mol. The number of halogens is 2. The van der Waals surface area contributed by atoms with Crippen molar-refractivity contribution in [2.45, 2.75) is 38.8 Å². The van der Waals surface area contributed by atoms with Crippen LogP contribution in [0.4, 0.5) is 23.5 Å². The van der Waals surface area contributed by atoms with E-state index < -0.39 is 0 Å². The van der Waals surface area contributed by atoms with E-state index in [4.69, 9.17) is 53.6 Å². The molecule has 0 bridgehead atoms. The van der Waals surface area contributed by atoms with Crippen LogP contribution in [0.15, 0.2) is 48.5 Å². The Bertz CT molecular complexity index is 1530.